The third-order valence-corrected chi connectivity index (χ3v) is 3.06. The molecule has 0 amide bonds. The van der Waals surface area contributed by atoms with Gasteiger partial charge in [0.2, 0.25) is 0 Å². The molecule has 1 aliphatic rings. The molecule has 0 aliphatic carbocycles. The van der Waals surface area contributed by atoms with Crippen molar-refractivity contribution in [2.24, 2.45) is 0 Å². The van der Waals surface area contributed by atoms with E-state index < -0.39 is 0 Å². The van der Waals surface area contributed by atoms with Gasteiger partial charge in [0.25, 0.3) is 0 Å². The first-order chi connectivity index (χ1) is 7.33. The largest absolute Gasteiger partial charge is 0.366 e. The standard InChI is InChI=1S/C11H20N4/c1-3-10-8-14(6-5-12-10)11-7-13-15(4-2)9-11/h7,9-10,12H,3-6,8H2,1-2H3. The fourth-order valence-electron chi connectivity index (χ4n) is 2.02. The number of hydrogen-bond donors (Lipinski definition) is 1. The molecule has 0 saturated carbocycles. The molecule has 0 radical (unpaired) electrons. The molecule has 1 N–H and O–H groups in total. The Morgan fingerprint density at radius 1 is 1.53 bits per heavy atom. The van der Waals surface area contributed by atoms with Crippen molar-refractivity contribution in [3.8, 4) is 0 Å². The number of aromatic nitrogens is 2. The quantitative estimate of drug-likeness (QED) is 0.807. The van der Waals surface area contributed by atoms with Crippen LogP contribution < -0.4 is 10.2 Å². The fourth-order valence-corrected chi connectivity index (χ4v) is 2.02. The maximum atomic E-state index is 4.32. The van der Waals surface area contributed by atoms with E-state index in [9.17, 15) is 0 Å². The number of aryl methyl sites for hydroxylation is 1. The Morgan fingerprint density at radius 3 is 3.07 bits per heavy atom. The van der Waals surface area contributed by atoms with Crippen molar-refractivity contribution in [1.29, 1.82) is 0 Å². The van der Waals surface area contributed by atoms with Gasteiger partial charge < -0.3 is 10.2 Å². The maximum absolute atomic E-state index is 4.32. The van der Waals surface area contributed by atoms with E-state index in [0.717, 1.165) is 26.2 Å². The van der Waals surface area contributed by atoms with Gasteiger partial charge >= 0.3 is 0 Å². The van der Waals surface area contributed by atoms with Crippen LogP contribution in [-0.2, 0) is 6.54 Å². The molecule has 0 bridgehead atoms. The van der Waals surface area contributed by atoms with Gasteiger partial charge in [-0.05, 0) is 13.3 Å². The predicted octanol–water partition coefficient (Wildman–Crippen LogP) is 1.09. The molecule has 2 rings (SSSR count). The summed E-state index contributed by atoms with van der Waals surface area (Å²) in [5, 5.41) is 7.84. The van der Waals surface area contributed by atoms with E-state index in [-0.39, 0.29) is 0 Å². The molecule has 0 spiro atoms. The van der Waals surface area contributed by atoms with Gasteiger partial charge in [-0.1, -0.05) is 6.92 Å². The summed E-state index contributed by atoms with van der Waals surface area (Å²) >= 11 is 0. The van der Waals surface area contributed by atoms with Gasteiger partial charge in [-0.2, -0.15) is 5.10 Å². The molecule has 4 nitrogen and oxygen atoms in total. The molecule has 4 heteroatoms. The van der Waals surface area contributed by atoms with E-state index in [4.69, 9.17) is 0 Å². The van der Waals surface area contributed by atoms with Crippen molar-refractivity contribution >= 4 is 5.69 Å². The number of rotatable bonds is 3. The van der Waals surface area contributed by atoms with Crippen LogP contribution >= 0.6 is 0 Å². The molecule has 1 aliphatic heterocycles. The lowest BCUT2D eigenvalue weighted by molar-refractivity contribution is 0.447. The van der Waals surface area contributed by atoms with Gasteiger partial charge in [0.1, 0.15) is 0 Å². The maximum Gasteiger partial charge on any atom is 0.0753 e. The minimum absolute atomic E-state index is 0.628. The predicted molar refractivity (Wildman–Crippen MR) is 62.2 cm³/mol. The van der Waals surface area contributed by atoms with E-state index in [2.05, 4.69) is 35.4 Å². The molecule has 1 saturated heterocycles. The normalized spacial score (nSPS) is 22.0. The summed E-state index contributed by atoms with van der Waals surface area (Å²) in [6.45, 7) is 8.57. The molecule has 0 aromatic carbocycles. The van der Waals surface area contributed by atoms with Crippen LogP contribution in [0, 0.1) is 0 Å². The lowest BCUT2D eigenvalue weighted by atomic mass is 10.1. The highest BCUT2D eigenvalue weighted by Crippen LogP contribution is 2.15. The van der Waals surface area contributed by atoms with Gasteiger partial charge in [-0.3, -0.25) is 4.68 Å². The summed E-state index contributed by atoms with van der Waals surface area (Å²) in [5.74, 6) is 0. The summed E-state index contributed by atoms with van der Waals surface area (Å²) in [4.78, 5) is 2.42. The van der Waals surface area contributed by atoms with E-state index in [1.54, 1.807) is 0 Å². The molecule has 1 aromatic rings. The average Bonchev–Trinajstić information content (AvgIpc) is 2.78. The van der Waals surface area contributed by atoms with Gasteiger partial charge in [-0.15, -0.1) is 0 Å². The topological polar surface area (TPSA) is 33.1 Å². The van der Waals surface area contributed by atoms with Crippen molar-refractivity contribution in [2.75, 3.05) is 24.5 Å². The monoisotopic (exact) mass is 208 g/mol. The van der Waals surface area contributed by atoms with Crippen molar-refractivity contribution in [2.45, 2.75) is 32.9 Å². The number of anilines is 1. The van der Waals surface area contributed by atoms with Crippen LogP contribution in [0.1, 0.15) is 20.3 Å². The minimum atomic E-state index is 0.628. The molecule has 15 heavy (non-hydrogen) atoms. The Kier molecular flexibility index (Phi) is 3.26. The Balaban J connectivity index is 2.03. The van der Waals surface area contributed by atoms with Gasteiger partial charge in [-0.25, -0.2) is 0 Å². The van der Waals surface area contributed by atoms with Crippen LogP contribution in [-0.4, -0.2) is 35.5 Å². The number of nitrogens with one attached hydrogen (secondary N) is 1. The van der Waals surface area contributed by atoms with Crippen molar-refractivity contribution in [3.05, 3.63) is 12.4 Å². The van der Waals surface area contributed by atoms with Crippen molar-refractivity contribution in [3.63, 3.8) is 0 Å². The third-order valence-electron chi connectivity index (χ3n) is 3.06. The van der Waals surface area contributed by atoms with E-state index >= 15 is 0 Å². The SMILES string of the molecule is CCC1CN(c2cnn(CC)c2)CCN1. The lowest BCUT2D eigenvalue weighted by Crippen LogP contribution is -2.50. The first-order valence-corrected chi connectivity index (χ1v) is 5.84. The summed E-state index contributed by atoms with van der Waals surface area (Å²) in [6.07, 6.45) is 5.30. The highest BCUT2D eigenvalue weighted by Gasteiger charge is 2.18. The van der Waals surface area contributed by atoms with E-state index in [1.807, 2.05) is 10.9 Å². The second kappa shape index (κ2) is 4.66. The van der Waals surface area contributed by atoms with Gasteiger partial charge in [0, 0.05) is 38.4 Å². The Hall–Kier alpha value is -1.03. The molecular formula is C11H20N4. The van der Waals surface area contributed by atoms with E-state index in [1.165, 1.54) is 12.1 Å². The van der Waals surface area contributed by atoms with Crippen LogP contribution in [0.25, 0.3) is 0 Å². The molecule has 1 atom stereocenters. The van der Waals surface area contributed by atoms with Crippen LogP contribution in [0.5, 0.6) is 0 Å². The van der Waals surface area contributed by atoms with Crippen LogP contribution in [0.15, 0.2) is 12.4 Å². The Labute approximate surface area is 91.3 Å². The second-order valence-electron chi connectivity index (χ2n) is 4.06. The lowest BCUT2D eigenvalue weighted by Gasteiger charge is -2.33. The number of piperazine rings is 1. The highest BCUT2D eigenvalue weighted by atomic mass is 15.3. The fraction of sp³-hybridized carbons (Fsp3) is 0.727. The Bertz CT molecular complexity index is 307. The highest BCUT2D eigenvalue weighted by molar-refractivity contribution is 5.43. The zero-order valence-corrected chi connectivity index (χ0v) is 9.61. The average molecular weight is 208 g/mol. The zero-order valence-electron chi connectivity index (χ0n) is 9.61. The first kappa shape index (κ1) is 10.5. The third kappa shape index (κ3) is 2.31. The molecule has 1 aromatic heterocycles. The van der Waals surface area contributed by atoms with Crippen LogP contribution in [0.4, 0.5) is 5.69 Å². The zero-order chi connectivity index (χ0) is 10.7. The molecular weight excluding hydrogens is 188 g/mol. The summed E-state index contributed by atoms with van der Waals surface area (Å²) < 4.78 is 1.98. The van der Waals surface area contributed by atoms with Crippen LogP contribution in [0.2, 0.25) is 0 Å². The summed E-state index contributed by atoms with van der Waals surface area (Å²) in [5.41, 5.74) is 1.26. The van der Waals surface area contributed by atoms with Crippen LogP contribution in [0.3, 0.4) is 0 Å². The number of nitrogens with zero attached hydrogens (tertiary/aromatic N) is 3. The molecule has 2 heterocycles. The van der Waals surface area contributed by atoms with Crippen molar-refractivity contribution < 1.29 is 0 Å². The minimum Gasteiger partial charge on any atom is -0.366 e. The summed E-state index contributed by atoms with van der Waals surface area (Å²) in [6, 6.07) is 0.628. The molecule has 1 unspecified atom stereocenters. The first-order valence-electron chi connectivity index (χ1n) is 5.84. The second-order valence-corrected chi connectivity index (χ2v) is 4.06. The summed E-state index contributed by atoms with van der Waals surface area (Å²) in [7, 11) is 0. The smallest absolute Gasteiger partial charge is 0.0753 e. The van der Waals surface area contributed by atoms with Gasteiger partial charge in [0.05, 0.1) is 11.9 Å². The van der Waals surface area contributed by atoms with Crippen molar-refractivity contribution in [1.82, 2.24) is 15.1 Å². The number of hydrogen-bond acceptors (Lipinski definition) is 3. The molecule has 84 valence electrons. The molecule has 1 fully saturated rings. The van der Waals surface area contributed by atoms with Gasteiger partial charge in [0.15, 0.2) is 0 Å². The van der Waals surface area contributed by atoms with E-state index in [0.29, 0.717) is 6.04 Å². The Morgan fingerprint density at radius 2 is 2.40 bits per heavy atom.